The molecule has 1 N–H and O–H groups in total. The summed E-state index contributed by atoms with van der Waals surface area (Å²) in [6.07, 6.45) is 1.70. The molecular formula is C17H26N2O2. The zero-order valence-electron chi connectivity index (χ0n) is 13.3. The third kappa shape index (κ3) is 4.21. The monoisotopic (exact) mass is 290 g/mol. The van der Waals surface area contributed by atoms with E-state index in [1.165, 1.54) is 5.56 Å². The summed E-state index contributed by atoms with van der Waals surface area (Å²) in [4.78, 5) is 13.6. The van der Waals surface area contributed by atoms with Crippen molar-refractivity contribution in [3.8, 4) is 5.75 Å². The van der Waals surface area contributed by atoms with Gasteiger partial charge in [-0.1, -0.05) is 18.2 Å². The van der Waals surface area contributed by atoms with Crippen molar-refractivity contribution in [2.75, 3.05) is 19.7 Å². The number of ether oxygens (including phenoxy) is 1. The van der Waals surface area contributed by atoms with Gasteiger partial charge in [0, 0.05) is 37.2 Å². The van der Waals surface area contributed by atoms with Crippen molar-refractivity contribution in [3.63, 3.8) is 0 Å². The number of rotatable bonds is 7. The molecule has 21 heavy (non-hydrogen) atoms. The average molecular weight is 290 g/mol. The molecule has 1 amide bonds. The van der Waals surface area contributed by atoms with E-state index in [0.29, 0.717) is 13.0 Å². The van der Waals surface area contributed by atoms with Gasteiger partial charge in [-0.25, -0.2) is 0 Å². The minimum absolute atomic E-state index is 0.195. The van der Waals surface area contributed by atoms with Crippen LogP contribution in [0.3, 0.4) is 0 Å². The van der Waals surface area contributed by atoms with Crippen LogP contribution in [0.1, 0.15) is 45.2 Å². The van der Waals surface area contributed by atoms with Crippen LogP contribution in [0.5, 0.6) is 5.75 Å². The summed E-state index contributed by atoms with van der Waals surface area (Å²) in [5.41, 5.74) is 1.17. The van der Waals surface area contributed by atoms with Gasteiger partial charge in [0.2, 0.25) is 5.91 Å². The first-order valence-electron chi connectivity index (χ1n) is 7.87. The van der Waals surface area contributed by atoms with E-state index in [1.54, 1.807) is 0 Å². The first-order valence-corrected chi connectivity index (χ1v) is 7.87. The van der Waals surface area contributed by atoms with Crippen molar-refractivity contribution < 1.29 is 9.53 Å². The summed E-state index contributed by atoms with van der Waals surface area (Å²) in [7, 11) is 0. The van der Waals surface area contributed by atoms with Gasteiger partial charge in [-0.2, -0.15) is 0 Å². The number of amides is 1. The lowest BCUT2D eigenvalue weighted by atomic mass is 10.1. The van der Waals surface area contributed by atoms with E-state index in [0.717, 1.165) is 25.3 Å². The number of carbonyl (C=O) groups is 1. The van der Waals surface area contributed by atoms with Crippen LogP contribution in [0.25, 0.3) is 0 Å². The molecule has 4 nitrogen and oxygen atoms in total. The molecular weight excluding hydrogens is 264 g/mol. The smallest absolute Gasteiger partial charge is 0.222 e. The Morgan fingerprint density at radius 3 is 2.76 bits per heavy atom. The van der Waals surface area contributed by atoms with Crippen molar-refractivity contribution in [2.24, 2.45) is 0 Å². The molecule has 1 aliphatic heterocycles. The topological polar surface area (TPSA) is 41.6 Å². The minimum Gasteiger partial charge on any atom is -0.494 e. The Kier molecular flexibility index (Phi) is 5.62. The van der Waals surface area contributed by atoms with Crippen LogP contribution in [0.15, 0.2) is 24.3 Å². The molecule has 1 heterocycles. The lowest BCUT2D eigenvalue weighted by Crippen LogP contribution is -2.40. The number of hydrogen-bond donors (Lipinski definition) is 1. The van der Waals surface area contributed by atoms with Gasteiger partial charge in [0.1, 0.15) is 5.75 Å². The Balaban J connectivity index is 1.94. The molecule has 1 fully saturated rings. The SMILES string of the molecule is CCOc1ccccc1C(C)NC(C)CN1CCCC1=O. The first kappa shape index (κ1) is 15.8. The van der Waals surface area contributed by atoms with Gasteiger partial charge in [-0.05, 0) is 33.3 Å². The van der Waals surface area contributed by atoms with E-state index in [2.05, 4.69) is 25.2 Å². The average Bonchev–Trinajstić information content (AvgIpc) is 2.85. The van der Waals surface area contributed by atoms with Gasteiger partial charge in [-0.15, -0.1) is 0 Å². The second kappa shape index (κ2) is 7.46. The minimum atomic E-state index is 0.195. The Labute approximate surface area is 127 Å². The second-order valence-corrected chi connectivity index (χ2v) is 5.70. The molecule has 1 aromatic rings. The van der Waals surface area contributed by atoms with E-state index in [4.69, 9.17) is 4.74 Å². The normalized spacial score (nSPS) is 17.9. The molecule has 0 aromatic heterocycles. The molecule has 2 atom stereocenters. The Bertz CT molecular complexity index is 476. The first-order chi connectivity index (χ1) is 10.1. The third-order valence-corrected chi connectivity index (χ3v) is 3.89. The summed E-state index contributed by atoms with van der Waals surface area (Å²) in [5, 5.41) is 3.57. The summed E-state index contributed by atoms with van der Waals surface area (Å²) >= 11 is 0. The van der Waals surface area contributed by atoms with Gasteiger partial charge >= 0.3 is 0 Å². The summed E-state index contributed by atoms with van der Waals surface area (Å²) in [5.74, 6) is 1.22. The Hall–Kier alpha value is -1.55. The fraction of sp³-hybridized carbons (Fsp3) is 0.588. The Morgan fingerprint density at radius 1 is 1.33 bits per heavy atom. The molecule has 2 unspecified atom stereocenters. The molecule has 116 valence electrons. The maximum absolute atomic E-state index is 11.7. The zero-order chi connectivity index (χ0) is 15.2. The van der Waals surface area contributed by atoms with Gasteiger partial charge in [0.05, 0.1) is 6.61 Å². The fourth-order valence-corrected chi connectivity index (χ4v) is 2.92. The van der Waals surface area contributed by atoms with E-state index >= 15 is 0 Å². The lowest BCUT2D eigenvalue weighted by Gasteiger charge is -2.26. The highest BCUT2D eigenvalue weighted by Gasteiger charge is 2.22. The summed E-state index contributed by atoms with van der Waals surface area (Å²) in [6.45, 7) is 8.61. The molecule has 4 heteroatoms. The van der Waals surface area contributed by atoms with Crippen LogP contribution in [0.4, 0.5) is 0 Å². The maximum Gasteiger partial charge on any atom is 0.222 e. The predicted molar refractivity (Wildman–Crippen MR) is 84.4 cm³/mol. The third-order valence-electron chi connectivity index (χ3n) is 3.89. The van der Waals surface area contributed by atoms with Gasteiger partial charge in [0.15, 0.2) is 0 Å². The molecule has 1 saturated heterocycles. The van der Waals surface area contributed by atoms with Crippen LogP contribution in [-0.2, 0) is 4.79 Å². The number of nitrogens with one attached hydrogen (secondary N) is 1. The highest BCUT2D eigenvalue weighted by Crippen LogP contribution is 2.25. The van der Waals surface area contributed by atoms with Crippen molar-refractivity contribution in [1.29, 1.82) is 0 Å². The van der Waals surface area contributed by atoms with Crippen LogP contribution < -0.4 is 10.1 Å². The lowest BCUT2D eigenvalue weighted by molar-refractivity contribution is -0.127. The van der Waals surface area contributed by atoms with Crippen molar-refractivity contribution in [3.05, 3.63) is 29.8 Å². The largest absolute Gasteiger partial charge is 0.494 e. The highest BCUT2D eigenvalue weighted by molar-refractivity contribution is 5.78. The van der Waals surface area contributed by atoms with E-state index in [-0.39, 0.29) is 18.0 Å². The van der Waals surface area contributed by atoms with Crippen molar-refractivity contribution in [2.45, 2.75) is 45.7 Å². The molecule has 0 bridgehead atoms. The summed E-state index contributed by atoms with van der Waals surface area (Å²) < 4.78 is 5.69. The molecule has 1 aromatic carbocycles. The number of para-hydroxylation sites is 1. The zero-order valence-corrected chi connectivity index (χ0v) is 13.3. The van der Waals surface area contributed by atoms with Crippen molar-refractivity contribution >= 4 is 5.91 Å². The van der Waals surface area contributed by atoms with Gasteiger partial charge in [-0.3, -0.25) is 4.79 Å². The molecule has 2 rings (SSSR count). The van der Waals surface area contributed by atoms with Gasteiger partial charge in [0.25, 0.3) is 0 Å². The van der Waals surface area contributed by atoms with Crippen LogP contribution in [0, 0.1) is 0 Å². The molecule has 0 radical (unpaired) electrons. The van der Waals surface area contributed by atoms with Crippen LogP contribution >= 0.6 is 0 Å². The molecule has 0 spiro atoms. The number of benzene rings is 1. The number of nitrogens with zero attached hydrogens (tertiary/aromatic N) is 1. The molecule has 0 aliphatic carbocycles. The van der Waals surface area contributed by atoms with E-state index in [1.807, 2.05) is 30.0 Å². The van der Waals surface area contributed by atoms with E-state index < -0.39 is 0 Å². The predicted octanol–water partition coefficient (Wildman–Crippen LogP) is 2.75. The van der Waals surface area contributed by atoms with Crippen LogP contribution in [-0.4, -0.2) is 36.5 Å². The molecule has 0 saturated carbocycles. The Morgan fingerprint density at radius 2 is 2.10 bits per heavy atom. The summed E-state index contributed by atoms with van der Waals surface area (Å²) in [6, 6.07) is 8.58. The highest BCUT2D eigenvalue weighted by atomic mass is 16.5. The molecule has 1 aliphatic rings. The van der Waals surface area contributed by atoms with E-state index in [9.17, 15) is 4.79 Å². The quantitative estimate of drug-likeness (QED) is 0.839. The fourth-order valence-electron chi connectivity index (χ4n) is 2.92. The number of carbonyl (C=O) groups excluding carboxylic acids is 1. The maximum atomic E-state index is 11.7. The van der Waals surface area contributed by atoms with Crippen LogP contribution in [0.2, 0.25) is 0 Å². The number of hydrogen-bond acceptors (Lipinski definition) is 3. The van der Waals surface area contributed by atoms with Crippen molar-refractivity contribution in [1.82, 2.24) is 10.2 Å². The standard InChI is InChI=1S/C17H26N2O2/c1-4-21-16-9-6-5-8-15(16)14(3)18-13(2)12-19-11-7-10-17(19)20/h5-6,8-9,13-14,18H,4,7,10-12H2,1-3H3. The van der Waals surface area contributed by atoms with Gasteiger partial charge < -0.3 is 15.0 Å². The number of likely N-dealkylation sites (tertiary alicyclic amines) is 1. The second-order valence-electron chi connectivity index (χ2n) is 5.70.